The molecule has 0 bridgehead atoms. The molecule has 2 aromatic carbocycles. The second-order valence-electron chi connectivity index (χ2n) is 7.57. The number of aromatic nitrogens is 2. The van der Waals surface area contributed by atoms with Crippen molar-refractivity contribution in [1.82, 2.24) is 9.97 Å². The zero-order chi connectivity index (χ0) is 23.4. The number of hydrogen-bond acceptors (Lipinski definition) is 6. The van der Waals surface area contributed by atoms with Gasteiger partial charge in [0.15, 0.2) is 0 Å². The van der Waals surface area contributed by atoms with Gasteiger partial charge in [-0.1, -0.05) is 29.3 Å². The molecule has 7 nitrogen and oxygen atoms in total. The number of aromatic hydroxyl groups is 1. The van der Waals surface area contributed by atoms with Crippen molar-refractivity contribution in [3.8, 4) is 5.75 Å². The largest absolute Gasteiger partial charge is 0.506 e. The first-order valence-electron chi connectivity index (χ1n) is 10.4. The molecule has 2 heterocycles. The van der Waals surface area contributed by atoms with Gasteiger partial charge >= 0.3 is 0 Å². The van der Waals surface area contributed by atoms with Crippen molar-refractivity contribution in [1.29, 1.82) is 0 Å². The van der Waals surface area contributed by atoms with E-state index < -0.39 is 11.7 Å². The Labute approximate surface area is 212 Å². The number of nitrogens with one attached hydrogen (secondary N) is 2. The molecular formula is C23H22Cl3FN4O3. The van der Waals surface area contributed by atoms with Gasteiger partial charge in [0.1, 0.15) is 11.6 Å². The zero-order valence-electron chi connectivity index (χ0n) is 17.9. The smallest absolute Gasteiger partial charge is 0.259 e. The fourth-order valence-corrected chi connectivity index (χ4v) is 3.93. The van der Waals surface area contributed by atoms with E-state index in [1.165, 1.54) is 36.5 Å². The molecule has 0 spiro atoms. The number of rotatable bonds is 7. The molecule has 0 saturated carbocycles. The number of anilines is 3. The second kappa shape index (κ2) is 11.7. The summed E-state index contributed by atoms with van der Waals surface area (Å²) in [7, 11) is 0. The second-order valence-corrected chi connectivity index (χ2v) is 8.38. The quantitative estimate of drug-likeness (QED) is 0.319. The molecule has 1 aliphatic heterocycles. The van der Waals surface area contributed by atoms with E-state index in [4.69, 9.17) is 27.9 Å². The number of amides is 1. The Morgan fingerprint density at radius 1 is 1.24 bits per heavy atom. The van der Waals surface area contributed by atoms with Crippen LogP contribution in [0.4, 0.5) is 21.7 Å². The van der Waals surface area contributed by atoms with Gasteiger partial charge in [0, 0.05) is 18.5 Å². The summed E-state index contributed by atoms with van der Waals surface area (Å²) in [6, 6.07) is 8.77. The van der Waals surface area contributed by atoms with Crippen LogP contribution in [0.1, 0.15) is 35.3 Å². The van der Waals surface area contributed by atoms with E-state index in [1.807, 2.05) is 0 Å². The number of phenols is 1. The Balaban J connectivity index is 0.00000324. The van der Waals surface area contributed by atoms with Crippen molar-refractivity contribution < 1.29 is 19.0 Å². The van der Waals surface area contributed by atoms with Crippen LogP contribution in [0.15, 0.2) is 42.6 Å². The average Bonchev–Trinajstić information content (AvgIpc) is 3.31. The van der Waals surface area contributed by atoms with Gasteiger partial charge in [0.05, 0.1) is 33.1 Å². The van der Waals surface area contributed by atoms with E-state index in [0.717, 1.165) is 19.4 Å². The SMILES string of the molecule is Cl.O=C(Nc1c(F)cccc1Cl)c1cnc(Nc2ccc(O)c(Cl)c2)nc1CCC1CCCO1. The maximum Gasteiger partial charge on any atom is 0.259 e. The number of aryl methyl sites for hydroxylation is 1. The molecule has 1 saturated heterocycles. The number of ether oxygens (including phenoxy) is 1. The van der Waals surface area contributed by atoms with Crippen molar-refractivity contribution in [2.45, 2.75) is 31.8 Å². The standard InChI is InChI=1S/C23H21Cl2FN4O3.ClH/c24-16-4-1-5-18(26)21(16)30-22(32)15-12-27-23(28-13-6-9-20(31)17(25)11-13)29-19(15)8-7-14-3-2-10-33-14;/h1,4-6,9,11-12,14,31H,2-3,7-8,10H2,(H,30,32)(H,27,28,29);1H. The molecule has 1 aliphatic rings. The lowest BCUT2D eigenvalue weighted by atomic mass is 10.1. The van der Waals surface area contributed by atoms with Gasteiger partial charge in [0.25, 0.3) is 5.91 Å². The predicted octanol–water partition coefficient (Wildman–Crippen LogP) is 6.16. The summed E-state index contributed by atoms with van der Waals surface area (Å²) < 4.78 is 19.8. The maximum atomic E-state index is 14.2. The number of carbonyl (C=O) groups excluding carboxylic acids is 1. The van der Waals surface area contributed by atoms with Crippen LogP contribution in [-0.2, 0) is 11.2 Å². The lowest BCUT2D eigenvalue weighted by molar-refractivity contribution is 0.101. The van der Waals surface area contributed by atoms with Gasteiger partial charge in [-0.15, -0.1) is 12.4 Å². The summed E-state index contributed by atoms with van der Waals surface area (Å²) in [5, 5.41) is 15.4. The number of phenolic OH excluding ortho intramolecular Hbond substituents is 1. The minimum absolute atomic E-state index is 0. The Morgan fingerprint density at radius 2 is 2.06 bits per heavy atom. The lowest BCUT2D eigenvalue weighted by Gasteiger charge is -2.14. The van der Waals surface area contributed by atoms with Gasteiger partial charge < -0.3 is 20.5 Å². The van der Waals surface area contributed by atoms with E-state index in [9.17, 15) is 14.3 Å². The van der Waals surface area contributed by atoms with Crippen molar-refractivity contribution in [2.75, 3.05) is 17.2 Å². The number of halogens is 4. The third-order valence-corrected chi connectivity index (χ3v) is 5.86. The van der Waals surface area contributed by atoms with Crippen LogP contribution >= 0.6 is 35.6 Å². The first kappa shape index (κ1) is 26.0. The third kappa shape index (κ3) is 6.27. The molecule has 4 rings (SSSR count). The van der Waals surface area contributed by atoms with Crippen molar-refractivity contribution >= 4 is 58.8 Å². The lowest BCUT2D eigenvalue weighted by Crippen LogP contribution is -2.18. The fourth-order valence-electron chi connectivity index (χ4n) is 3.54. The molecule has 11 heteroatoms. The van der Waals surface area contributed by atoms with Gasteiger partial charge in [-0.2, -0.15) is 0 Å². The number of carbonyl (C=O) groups is 1. The molecule has 180 valence electrons. The molecule has 1 aromatic heterocycles. The highest BCUT2D eigenvalue weighted by Crippen LogP contribution is 2.28. The summed E-state index contributed by atoms with van der Waals surface area (Å²) in [4.78, 5) is 21.7. The van der Waals surface area contributed by atoms with Crippen LogP contribution in [0.3, 0.4) is 0 Å². The molecule has 3 aromatic rings. The number of benzene rings is 2. The van der Waals surface area contributed by atoms with E-state index in [1.54, 1.807) is 6.07 Å². The van der Waals surface area contributed by atoms with Gasteiger partial charge in [-0.25, -0.2) is 14.4 Å². The van der Waals surface area contributed by atoms with Gasteiger partial charge in [0.2, 0.25) is 5.95 Å². The van der Waals surface area contributed by atoms with Crippen LogP contribution in [0.2, 0.25) is 10.0 Å². The highest BCUT2D eigenvalue weighted by molar-refractivity contribution is 6.34. The maximum absolute atomic E-state index is 14.2. The molecule has 0 aliphatic carbocycles. The third-order valence-electron chi connectivity index (χ3n) is 5.24. The van der Waals surface area contributed by atoms with Gasteiger partial charge in [-0.05, 0) is 56.0 Å². The highest BCUT2D eigenvalue weighted by Gasteiger charge is 2.21. The molecule has 1 amide bonds. The molecular weight excluding hydrogens is 506 g/mol. The topological polar surface area (TPSA) is 96.4 Å². The van der Waals surface area contributed by atoms with Crippen molar-refractivity contribution in [2.24, 2.45) is 0 Å². The van der Waals surface area contributed by atoms with Gasteiger partial charge in [-0.3, -0.25) is 4.79 Å². The van der Waals surface area contributed by atoms with Crippen LogP contribution in [-0.4, -0.2) is 33.7 Å². The summed E-state index contributed by atoms with van der Waals surface area (Å²) in [6.45, 7) is 0.724. The molecule has 1 fully saturated rings. The molecule has 34 heavy (non-hydrogen) atoms. The Hall–Kier alpha value is -2.65. The van der Waals surface area contributed by atoms with E-state index in [2.05, 4.69) is 20.6 Å². The molecule has 1 unspecified atom stereocenters. The summed E-state index contributed by atoms with van der Waals surface area (Å²) in [5.74, 6) is -0.998. The minimum atomic E-state index is -0.639. The predicted molar refractivity (Wildman–Crippen MR) is 132 cm³/mol. The van der Waals surface area contributed by atoms with Crippen LogP contribution in [0.25, 0.3) is 0 Å². The number of nitrogens with zero attached hydrogens (tertiary/aromatic N) is 2. The summed E-state index contributed by atoms with van der Waals surface area (Å²) in [6.07, 6.45) is 4.58. The fraction of sp³-hybridized carbons (Fsp3) is 0.261. The highest BCUT2D eigenvalue weighted by atomic mass is 35.5. The van der Waals surface area contributed by atoms with Crippen molar-refractivity contribution in [3.05, 3.63) is 69.7 Å². The molecule has 1 atom stereocenters. The van der Waals surface area contributed by atoms with Crippen LogP contribution in [0.5, 0.6) is 5.75 Å². The minimum Gasteiger partial charge on any atom is -0.506 e. The average molecular weight is 528 g/mol. The van der Waals surface area contributed by atoms with Crippen LogP contribution < -0.4 is 10.6 Å². The summed E-state index contributed by atoms with van der Waals surface area (Å²) in [5.41, 5.74) is 1.16. The van der Waals surface area contributed by atoms with Crippen LogP contribution in [0, 0.1) is 5.82 Å². The van der Waals surface area contributed by atoms with E-state index >= 15 is 0 Å². The van der Waals surface area contributed by atoms with E-state index in [-0.39, 0.29) is 51.5 Å². The normalized spacial score (nSPS) is 15.0. The number of hydrogen-bond donors (Lipinski definition) is 3. The molecule has 0 radical (unpaired) electrons. The Kier molecular flexibility index (Phi) is 8.90. The van der Waals surface area contributed by atoms with E-state index in [0.29, 0.717) is 24.2 Å². The van der Waals surface area contributed by atoms with Crippen molar-refractivity contribution in [3.63, 3.8) is 0 Å². The summed E-state index contributed by atoms with van der Waals surface area (Å²) >= 11 is 12.0. The zero-order valence-corrected chi connectivity index (χ0v) is 20.2. The molecule has 3 N–H and O–H groups in total. The number of para-hydroxylation sites is 1. The Bertz CT molecular complexity index is 1160. The first-order valence-corrected chi connectivity index (χ1v) is 11.1. The Morgan fingerprint density at radius 3 is 2.76 bits per heavy atom. The monoisotopic (exact) mass is 526 g/mol. The first-order chi connectivity index (χ1) is 15.9.